The van der Waals surface area contributed by atoms with E-state index in [-0.39, 0.29) is 5.69 Å². The molecule has 0 spiro atoms. The van der Waals surface area contributed by atoms with Crippen molar-refractivity contribution < 1.29 is 4.92 Å². The number of aromatic amines is 1. The minimum atomic E-state index is -0.404. The van der Waals surface area contributed by atoms with E-state index in [0.717, 1.165) is 17.0 Å². The van der Waals surface area contributed by atoms with Crippen molar-refractivity contribution >= 4 is 5.69 Å². The zero-order valence-electron chi connectivity index (χ0n) is 8.10. The lowest BCUT2D eigenvalue weighted by atomic mass is 10.1. The highest BCUT2D eigenvalue weighted by Gasteiger charge is 2.10. The van der Waals surface area contributed by atoms with Crippen LogP contribution in [0.5, 0.6) is 0 Å². The fourth-order valence-electron chi connectivity index (χ4n) is 1.44. The summed E-state index contributed by atoms with van der Waals surface area (Å²) in [6, 6.07) is 4.72. The molecule has 1 aromatic heterocycles. The lowest BCUT2D eigenvalue weighted by Crippen LogP contribution is -1.91. The average Bonchev–Trinajstić information content (AvgIpc) is 2.70. The van der Waals surface area contributed by atoms with Gasteiger partial charge in [0, 0.05) is 30.1 Å². The monoisotopic (exact) mass is 203 g/mol. The standard InChI is InChI=1S/C10H9N3O2/c1-7-6-8(13(14)15)2-3-9(7)10-11-4-5-12-10/h2-6H,1H3,(H,11,12). The van der Waals surface area contributed by atoms with E-state index in [1.165, 1.54) is 12.1 Å². The molecule has 15 heavy (non-hydrogen) atoms. The number of benzene rings is 1. The van der Waals surface area contributed by atoms with Gasteiger partial charge in [0.2, 0.25) is 0 Å². The van der Waals surface area contributed by atoms with Gasteiger partial charge in [-0.3, -0.25) is 10.1 Å². The first-order valence-corrected chi connectivity index (χ1v) is 4.43. The minimum absolute atomic E-state index is 0.0998. The Labute approximate surface area is 85.9 Å². The first-order valence-electron chi connectivity index (χ1n) is 4.43. The molecule has 0 saturated carbocycles. The second kappa shape index (κ2) is 3.53. The van der Waals surface area contributed by atoms with Crippen molar-refractivity contribution in [1.29, 1.82) is 0 Å². The predicted molar refractivity (Wildman–Crippen MR) is 55.4 cm³/mol. The Bertz CT molecular complexity index is 491. The number of hydrogen-bond acceptors (Lipinski definition) is 3. The quantitative estimate of drug-likeness (QED) is 0.601. The topological polar surface area (TPSA) is 71.8 Å². The Hall–Kier alpha value is -2.17. The van der Waals surface area contributed by atoms with Gasteiger partial charge in [0.1, 0.15) is 5.82 Å². The van der Waals surface area contributed by atoms with Gasteiger partial charge in [0.05, 0.1) is 4.92 Å². The van der Waals surface area contributed by atoms with Crippen LogP contribution in [0.2, 0.25) is 0 Å². The number of hydrogen-bond donors (Lipinski definition) is 1. The van der Waals surface area contributed by atoms with Gasteiger partial charge in [0.15, 0.2) is 0 Å². The van der Waals surface area contributed by atoms with Gasteiger partial charge in [-0.2, -0.15) is 0 Å². The molecule has 0 radical (unpaired) electrons. The van der Waals surface area contributed by atoms with Crippen molar-refractivity contribution in [2.45, 2.75) is 6.92 Å². The summed E-state index contributed by atoms with van der Waals surface area (Å²) in [7, 11) is 0. The third-order valence-electron chi connectivity index (χ3n) is 2.17. The van der Waals surface area contributed by atoms with Crippen LogP contribution in [0.4, 0.5) is 5.69 Å². The van der Waals surface area contributed by atoms with E-state index < -0.39 is 4.92 Å². The number of H-pyrrole nitrogens is 1. The molecule has 5 heteroatoms. The van der Waals surface area contributed by atoms with Crippen LogP contribution in [-0.4, -0.2) is 14.9 Å². The Morgan fingerprint density at radius 1 is 1.47 bits per heavy atom. The minimum Gasteiger partial charge on any atom is -0.345 e. The Balaban J connectivity index is 2.48. The number of rotatable bonds is 2. The summed E-state index contributed by atoms with van der Waals surface area (Å²) in [6.45, 7) is 1.82. The molecule has 0 unspecified atom stereocenters. The van der Waals surface area contributed by atoms with Gasteiger partial charge in [-0.1, -0.05) is 0 Å². The molecule has 0 saturated heterocycles. The molecule has 1 N–H and O–H groups in total. The smallest absolute Gasteiger partial charge is 0.269 e. The highest BCUT2D eigenvalue weighted by molar-refractivity contribution is 5.62. The van der Waals surface area contributed by atoms with E-state index in [9.17, 15) is 10.1 Å². The average molecular weight is 203 g/mol. The SMILES string of the molecule is Cc1cc([N+](=O)[O-])ccc1-c1ncc[nH]1. The van der Waals surface area contributed by atoms with Gasteiger partial charge in [-0.15, -0.1) is 0 Å². The summed E-state index contributed by atoms with van der Waals surface area (Å²) in [5, 5.41) is 10.5. The highest BCUT2D eigenvalue weighted by Crippen LogP contribution is 2.23. The number of nitrogens with zero attached hydrogens (tertiary/aromatic N) is 2. The lowest BCUT2D eigenvalue weighted by molar-refractivity contribution is -0.384. The maximum Gasteiger partial charge on any atom is 0.269 e. The normalized spacial score (nSPS) is 10.2. The molecule has 1 aromatic carbocycles. The van der Waals surface area contributed by atoms with E-state index >= 15 is 0 Å². The molecule has 0 atom stereocenters. The van der Waals surface area contributed by atoms with E-state index in [2.05, 4.69) is 9.97 Å². The van der Waals surface area contributed by atoms with Crippen LogP contribution in [0, 0.1) is 17.0 Å². The largest absolute Gasteiger partial charge is 0.345 e. The van der Waals surface area contributed by atoms with Crippen molar-refractivity contribution in [3.8, 4) is 11.4 Å². The number of imidazole rings is 1. The van der Waals surface area contributed by atoms with Crippen molar-refractivity contribution in [2.75, 3.05) is 0 Å². The van der Waals surface area contributed by atoms with Crippen LogP contribution >= 0.6 is 0 Å². The Kier molecular flexibility index (Phi) is 2.21. The van der Waals surface area contributed by atoms with Gasteiger partial charge >= 0.3 is 0 Å². The maximum atomic E-state index is 10.5. The predicted octanol–water partition coefficient (Wildman–Crippen LogP) is 2.29. The lowest BCUT2D eigenvalue weighted by Gasteiger charge is -2.01. The van der Waals surface area contributed by atoms with E-state index in [1.54, 1.807) is 18.5 Å². The molecule has 76 valence electrons. The number of nitro benzene ring substituents is 1. The number of aryl methyl sites for hydroxylation is 1. The number of nitro groups is 1. The summed E-state index contributed by atoms with van der Waals surface area (Å²) in [5.74, 6) is 0.724. The molecule has 0 fully saturated rings. The Morgan fingerprint density at radius 3 is 2.80 bits per heavy atom. The van der Waals surface area contributed by atoms with Crippen molar-refractivity contribution in [3.05, 3.63) is 46.3 Å². The van der Waals surface area contributed by atoms with E-state index in [0.29, 0.717) is 0 Å². The van der Waals surface area contributed by atoms with Crippen LogP contribution in [0.1, 0.15) is 5.56 Å². The first-order chi connectivity index (χ1) is 7.18. The van der Waals surface area contributed by atoms with Gasteiger partial charge in [0.25, 0.3) is 5.69 Å². The summed E-state index contributed by atoms with van der Waals surface area (Å²) in [4.78, 5) is 17.2. The van der Waals surface area contributed by atoms with Crippen LogP contribution in [0.25, 0.3) is 11.4 Å². The number of aromatic nitrogens is 2. The zero-order chi connectivity index (χ0) is 10.8. The van der Waals surface area contributed by atoms with Crippen molar-refractivity contribution in [2.24, 2.45) is 0 Å². The van der Waals surface area contributed by atoms with Gasteiger partial charge in [-0.25, -0.2) is 4.98 Å². The van der Waals surface area contributed by atoms with Gasteiger partial charge < -0.3 is 4.98 Å². The van der Waals surface area contributed by atoms with E-state index in [1.807, 2.05) is 6.92 Å². The number of nitrogens with one attached hydrogen (secondary N) is 1. The van der Waals surface area contributed by atoms with Crippen molar-refractivity contribution in [1.82, 2.24) is 9.97 Å². The van der Waals surface area contributed by atoms with Crippen LogP contribution in [0.3, 0.4) is 0 Å². The molecule has 2 rings (SSSR count). The summed E-state index contributed by atoms with van der Waals surface area (Å²) >= 11 is 0. The fourth-order valence-corrected chi connectivity index (χ4v) is 1.44. The zero-order valence-corrected chi connectivity index (χ0v) is 8.10. The maximum absolute atomic E-state index is 10.5. The summed E-state index contributed by atoms with van der Waals surface area (Å²) in [6.07, 6.45) is 3.37. The number of non-ortho nitro benzene ring substituents is 1. The molecular weight excluding hydrogens is 194 g/mol. The summed E-state index contributed by atoms with van der Waals surface area (Å²) in [5.41, 5.74) is 1.81. The van der Waals surface area contributed by atoms with Crippen molar-refractivity contribution in [3.63, 3.8) is 0 Å². The molecule has 0 amide bonds. The van der Waals surface area contributed by atoms with Crippen LogP contribution in [0.15, 0.2) is 30.6 Å². The molecule has 1 heterocycles. The third-order valence-corrected chi connectivity index (χ3v) is 2.17. The molecule has 0 aliphatic heterocycles. The molecule has 0 aliphatic carbocycles. The highest BCUT2D eigenvalue weighted by atomic mass is 16.6. The molecule has 5 nitrogen and oxygen atoms in total. The van der Waals surface area contributed by atoms with E-state index in [4.69, 9.17) is 0 Å². The molecular formula is C10H9N3O2. The third kappa shape index (κ3) is 1.71. The second-order valence-electron chi connectivity index (χ2n) is 3.19. The first kappa shape index (κ1) is 9.39. The Morgan fingerprint density at radius 2 is 2.27 bits per heavy atom. The summed E-state index contributed by atoms with van der Waals surface area (Å²) < 4.78 is 0. The molecule has 0 bridgehead atoms. The van der Waals surface area contributed by atoms with Gasteiger partial charge in [-0.05, 0) is 18.6 Å². The van der Waals surface area contributed by atoms with Crippen LogP contribution < -0.4 is 0 Å². The molecule has 0 aliphatic rings. The second-order valence-corrected chi connectivity index (χ2v) is 3.19. The van der Waals surface area contributed by atoms with Crippen LogP contribution in [-0.2, 0) is 0 Å². The molecule has 2 aromatic rings. The fraction of sp³-hybridized carbons (Fsp3) is 0.100.